The Bertz CT molecular complexity index is 90.4. The molecule has 0 unspecified atom stereocenters. The SMILES string of the molecule is C=CCOC(=O)CCl. The number of rotatable bonds is 3. The number of hydrogen-bond donors (Lipinski definition) is 0. The van der Waals surface area contributed by atoms with Gasteiger partial charge in [-0.25, -0.2) is 0 Å². The van der Waals surface area contributed by atoms with Crippen LogP contribution in [-0.2, 0) is 9.53 Å². The Morgan fingerprint density at radius 3 is 2.88 bits per heavy atom. The Morgan fingerprint density at radius 2 is 2.50 bits per heavy atom. The molecular formula is C5H7ClO2. The van der Waals surface area contributed by atoms with Crippen LogP contribution in [0.3, 0.4) is 0 Å². The summed E-state index contributed by atoms with van der Waals surface area (Å²) in [7, 11) is 0. The lowest BCUT2D eigenvalue weighted by Gasteiger charge is -1.93. The van der Waals surface area contributed by atoms with Gasteiger partial charge in [0.25, 0.3) is 0 Å². The van der Waals surface area contributed by atoms with Gasteiger partial charge in [-0.15, -0.1) is 11.6 Å². The predicted molar refractivity (Wildman–Crippen MR) is 31.9 cm³/mol. The van der Waals surface area contributed by atoms with Crippen LogP contribution in [0.5, 0.6) is 0 Å². The van der Waals surface area contributed by atoms with Gasteiger partial charge in [0.15, 0.2) is 0 Å². The molecule has 46 valence electrons. The summed E-state index contributed by atoms with van der Waals surface area (Å²) in [5, 5.41) is 0. The quantitative estimate of drug-likeness (QED) is 0.327. The highest BCUT2D eigenvalue weighted by Crippen LogP contribution is 1.81. The fourth-order valence-corrected chi connectivity index (χ4v) is 0.268. The zero-order valence-electron chi connectivity index (χ0n) is 4.39. The van der Waals surface area contributed by atoms with Gasteiger partial charge in [-0.3, -0.25) is 4.79 Å². The maximum Gasteiger partial charge on any atom is 0.321 e. The fourth-order valence-electron chi connectivity index (χ4n) is 0.190. The second-order valence-corrected chi connectivity index (χ2v) is 1.37. The summed E-state index contributed by atoms with van der Waals surface area (Å²) in [4.78, 5) is 10.2. The molecule has 0 aliphatic carbocycles. The molecule has 0 saturated carbocycles. The standard InChI is InChI=1S/C5H7ClO2/c1-2-3-8-5(7)4-6/h2H,1,3-4H2. The van der Waals surface area contributed by atoms with Crippen LogP contribution in [0.15, 0.2) is 12.7 Å². The van der Waals surface area contributed by atoms with Gasteiger partial charge in [-0.05, 0) is 0 Å². The van der Waals surface area contributed by atoms with Crippen molar-refractivity contribution >= 4 is 17.6 Å². The van der Waals surface area contributed by atoms with Gasteiger partial charge in [-0.1, -0.05) is 12.7 Å². The first-order valence-electron chi connectivity index (χ1n) is 2.13. The Kier molecular flexibility index (Phi) is 4.36. The average molecular weight is 135 g/mol. The maximum absolute atomic E-state index is 10.2. The third-order valence-corrected chi connectivity index (χ3v) is 0.689. The van der Waals surface area contributed by atoms with Crippen LogP contribution in [0.25, 0.3) is 0 Å². The first kappa shape index (κ1) is 7.50. The van der Waals surface area contributed by atoms with Crippen molar-refractivity contribution in [3.8, 4) is 0 Å². The van der Waals surface area contributed by atoms with Crippen molar-refractivity contribution in [3.05, 3.63) is 12.7 Å². The molecule has 0 atom stereocenters. The fraction of sp³-hybridized carbons (Fsp3) is 0.400. The van der Waals surface area contributed by atoms with E-state index in [9.17, 15) is 4.79 Å². The second-order valence-electron chi connectivity index (χ2n) is 1.11. The zero-order chi connectivity index (χ0) is 6.41. The maximum atomic E-state index is 10.2. The van der Waals surface area contributed by atoms with Crippen LogP contribution in [0, 0.1) is 0 Å². The molecule has 8 heavy (non-hydrogen) atoms. The van der Waals surface area contributed by atoms with Crippen molar-refractivity contribution in [2.45, 2.75) is 0 Å². The molecule has 0 amide bonds. The summed E-state index contributed by atoms with van der Waals surface area (Å²) in [6, 6.07) is 0. The number of carbonyl (C=O) groups excluding carboxylic acids is 1. The molecule has 0 spiro atoms. The summed E-state index contributed by atoms with van der Waals surface area (Å²) >= 11 is 5.08. The third kappa shape index (κ3) is 3.68. The normalized spacial score (nSPS) is 8.12. The van der Waals surface area contributed by atoms with Gasteiger partial charge in [0.05, 0.1) is 0 Å². The smallest absolute Gasteiger partial charge is 0.321 e. The first-order chi connectivity index (χ1) is 3.81. The van der Waals surface area contributed by atoms with Crippen molar-refractivity contribution < 1.29 is 9.53 Å². The van der Waals surface area contributed by atoms with Crippen molar-refractivity contribution in [2.75, 3.05) is 12.5 Å². The van der Waals surface area contributed by atoms with Crippen LogP contribution in [0.1, 0.15) is 0 Å². The minimum Gasteiger partial charge on any atom is -0.461 e. The molecule has 0 N–H and O–H groups in total. The molecule has 0 aromatic carbocycles. The zero-order valence-corrected chi connectivity index (χ0v) is 5.15. The molecule has 0 heterocycles. The molecule has 3 heteroatoms. The average Bonchev–Trinajstić information content (AvgIpc) is 1.83. The number of carbonyl (C=O) groups is 1. The van der Waals surface area contributed by atoms with Crippen LogP contribution in [-0.4, -0.2) is 18.5 Å². The molecule has 0 aliphatic heterocycles. The number of halogens is 1. The van der Waals surface area contributed by atoms with Crippen molar-refractivity contribution in [1.82, 2.24) is 0 Å². The third-order valence-electron chi connectivity index (χ3n) is 0.471. The highest BCUT2D eigenvalue weighted by Gasteiger charge is 1.94. The first-order valence-corrected chi connectivity index (χ1v) is 2.67. The number of ether oxygens (including phenoxy) is 1. The molecule has 0 fully saturated rings. The minimum atomic E-state index is -0.411. The summed E-state index contributed by atoms with van der Waals surface area (Å²) in [5.41, 5.74) is 0. The van der Waals surface area contributed by atoms with Gasteiger partial charge in [0.1, 0.15) is 12.5 Å². The lowest BCUT2D eigenvalue weighted by atomic mass is 10.7. The topological polar surface area (TPSA) is 26.3 Å². The predicted octanol–water partition coefficient (Wildman–Crippen LogP) is 0.954. The van der Waals surface area contributed by atoms with E-state index in [0.29, 0.717) is 0 Å². The van der Waals surface area contributed by atoms with Gasteiger partial charge >= 0.3 is 5.97 Å². The van der Waals surface area contributed by atoms with Gasteiger partial charge in [0.2, 0.25) is 0 Å². The molecular weight excluding hydrogens is 128 g/mol. The summed E-state index contributed by atoms with van der Waals surface area (Å²) in [6.45, 7) is 3.59. The van der Waals surface area contributed by atoms with E-state index in [0.717, 1.165) is 0 Å². The lowest BCUT2D eigenvalue weighted by molar-refractivity contribution is -0.139. The van der Waals surface area contributed by atoms with E-state index in [1.54, 1.807) is 0 Å². The molecule has 0 aromatic rings. The molecule has 0 radical (unpaired) electrons. The highest BCUT2D eigenvalue weighted by atomic mass is 35.5. The Morgan fingerprint density at radius 1 is 1.88 bits per heavy atom. The van der Waals surface area contributed by atoms with E-state index < -0.39 is 5.97 Å². The summed E-state index contributed by atoms with van der Waals surface area (Å²) in [5.74, 6) is -0.500. The van der Waals surface area contributed by atoms with E-state index in [1.807, 2.05) is 0 Å². The van der Waals surface area contributed by atoms with Crippen LogP contribution in [0.4, 0.5) is 0 Å². The second kappa shape index (κ2) is 4.65. The van der Waals surface area contributed by atoms with E-state index >= 15 is 0 Å². The Labute approximate surface area is 53.1 Å². The van der Waals surface area contributed by atoms with Gasteiger partial charge in [-0.2, -0.15) is 0 Å². The summed E-state index contributed by atoms with van der Waals surface area (Å²) < 4.78 is 4.45. The Hall–Kier alpha value is -0.500. The van der Waals surface area contributed by atoms with Crippen LogP contribution < -0.4 is 0 Å². The van der Waals surface area contributed by atoms with Crippen molar-refractivity contribution in [3.63, 3.8) is 0 Å². The number of esters is 1. The highest BCUT2D eigenvalue weighted by molar-refractivity contribution is 6.26. The number of alkyl halides is 1. The van der Waals surface area contributed by atoms with Crippen molar-refractivity contribution in [2.24, 2.45) is 0 Å². The molecule has 0 bridgehead atoms. The molecule has 0 aliphatic rings. The molecule has 2 nitrogen and oxygen atoms in total. The number of hydrogen-bond acceptors (Lipinski definition) is 2. The summed E-state index contributed by atoms with van der Waals surface area (Å²) in [6.07, 6.45) is 1.49. The van der Waals surface area contributed by atoms with E-state index in [2.05, 4.69) is 11.3 Å². The lowest BCUT2D eigenvalue weighted by Crippen LogP contribution is -2.04. The van der Waals surface area contributed by atoms with E-state index in [1.165, 1.54) is 6.08 Å². The largest absolute Gasteiger partial charge is 0.461 e. The van der Waals surface area contributed by atoms with E-state index in [4.69, 9.17) is 11.6 Å². The minimum absolute atomic E-state index is 0.0894. The molecule has 0 saturated heterocycles. The van der Waals surface area contributed by atoms with E-state index in [-0.39, 0.29) is 12.5 Å². The molecule has 0 rings (SSSR count). The molecule has 0 aromatic heterocycles. The Balaban J connectivity index is 3.11. The van der Waals surface area contributed by atoms with Gasteiger partial charge < -0.3 is 4.74 Å². The van der Waals surface area contributed by atoms with Crippen LogP contribution in [0.2, 0.25) is 0 Å². The van der Waals surface area contributed by atoms with Crippen LogP contribution >= 0.6 is 11.6 Å². The van der Waals surface area contributed by atoms with Crippen molar-refractivity contribution in [1.29, 1.82) is 0 Å². The monoisotopic (exact) mass is 134 g/mol. The van der Waals surface area contributed by atoms with Gasteiger partial charge in [0, 0.05) is 0 Å².